The van der Waals surface area contributed by atoms with Gasteiger partial charge in [-0.2, -0.15) is 0 Å². The normalized spacial score (nSPS) is 17.0. The zero-order chi connectivity index (χ0) is 24.0. The quantitative estimate of drug-likeness (QED) is 0.415. The summed E-state index contributed by atoms with van der Waals surface area (Å²) >= 11 is 0. The third kappa shape index (κ3) is 5.79. The molecular weight excluding hydrogens is 426 g/mol. The summed E-state index contributed by atoms with van der Waals surface area (Å²) in [4.78, 5) is 29.7. The highest BCUT2D eigenvalue weighted by Gasteiger charge is 2.38. The van der Waals surface area contributed by atoms with Gasteiger partial charge in [0.25, 0.3) is 0 Å². The number of carbonyl (C=O) groups excluding carboxylic acids is 2. The fraction of sp³-hybridized carbons (Fsp3) is 0.429. The van der Waals surface area contributed by atoms with Gasteiger partial charge in [-0.25, -0.2) is 4.79 Å². The molecule has 0 bridgehead atoms. The van der Waals surface area contributed by atoms with Crippen LogP contribution in [0.25, 0.3) is 10.9 Å². The predicted molar refractivity (Wildman–Crippen MR) is 134 cm³/mol. The number of hydrogen-bond donors (Lipinski definition) is 3. The van der Waals surface area contributed by atoms with Crippen molar-refractivity contribution in [3.63, 3.8) is 0 Å². The second-order valence-corrected chi connectivity index (χ2v) is 9.72. The van der Waals surface area contributed by atoms with Crippen LogP contribution in [0, 0.1) is 5.92 Å². The summed E-state index contributed by atoms with van der Waals surface area (Å²) in [6, 6.07) is 17.5. The summed E-state index contributed by atoms with van der Waals surface area (Å²) in [5, 5.41) is 7.14. The van der Waals surface area contributed by atoms with Crippen LogP contribution >= 0.6 is 0 Å². The van der Waals surface area contributed by atoms with Crippen molar-refractivity contribution >= 4 is 22.9 Å². The van der Waals surface area contributed by atoms with Gasteiger partial charge in [0.2, 0.25) is 5.91 Å². The molecule has 3 N–H and O–H groups in total. The molecule has 34 heavy (non-hydrogen) atoms. The van der Waals surface area contributed by atoms with E-state index in [1.165, 1.54) is 19.3 Å². The molecule has 0 aliphatic heterocycles. The van der Waals surface area contributed by atoms with Gasteiger partial charge in [0.15, 0.2) is 0 Å². The molecule has 1 aliphatic rings. The van der Waals surface area contributed by atoms with Crippen LogP contribution in [0.5, 0.6) is 0 Å². The molecule has 180 valence electrons. The molecule has 3 aromatic rings. The summed E-state index contributed by atoms with van der Waals surface area (Å²) in [7, 11) is 0. The molecule has 2 unspecified atom stereocenters. The molecule has 1 saturated carbocycles. The molecule has 0 saturated heterocycles. The van der Waals surface area contributed by atoms with Gasteiger partial charge in [-0.1, -0.05) is 67.8 Å². The number of aromatic nitrogens is 1. The maximum Gasteiger partial charge on any atom is 0.408 e. The predicted octanol–water partition coefficient (Wildman–Crippen LogP) is 5.48. The monoisotopic (exact) mass is 461 g/mol. The van der Waals surface area contributed by atoms with E-state index in [1.807, 2.05) is 60.8 Å². The van der Waals surface area contributed by atoms with Crippen LogP contribution in [0.2, 0.25) is 0 Å². The van der Waals surface area contributed by atoms with Gasteiger partial charge in [-0.05, 0) is 49.8 Å². The van der Waals surface area contributed by atoms with Crippen molar-refractivity contribution in [3.8, 4) is 0 Å². The van der Waals surface area contributed by atoms with E-state index in [-0.39, 0.29) is 18.6 Å². The van der Waals surface area contributed by atoms with Gasteiger partial charge >= 0.3 is 6.09 Å². The lowest BCUT2D eigenvalue weighted by Crippen LogP contribution is -2.60. The van der Waals surface area contributed by atoms with E-state index in [2.05, 4.69) is 22.5 Å². The van der Waals surface area contributed by atoms with Gasteiger partial charge in [0.05, 0.1) is 0 Å². The first-order valence-electron chi connectivity index (χ1n) is 12.3. The first-order valence-corrected chi connectivity index (χ1v) is 12.3. The Balaban J connectivity index is 1.50. The molecule has 0 spiro atoms. The Kier molecular flexibility index (Phi) is 7.56. The maximum absolute atomic E-state index is 13.6. The van der Waals surface area contributed by atoms with Crippen molar-refractivity contribution in [1.82, 2.24) is 15.6 Å². The number of alkyl carbamates (subject to hydrolysis) is 1. The number of para-hydroxylation sites is 1. The minimum absolute atomic E-state index is 0.0530. The highest BCUT2D eigenvalue weighted by Crippen LogP contribution is 2.27. The van der Waals surface area contributed by atoms with E-state index >= 15 is 0 Å². The van der Waals surface area contributed by atoms with Crippen LogP contribution in [0.3, 0.4) is 0 Å². The molecule has 1 aromatic heterocycles. The number of fused-ring (bicyclic) bond motifs is 1. The molecule has 1 heterocycles. The van der Waals surface area contributed by atoms with Gasteiger partial charge in [0.1, 0.15) is 12.1 Å². The molecule has 2 atom stereocenters. The Morgan fingerprint density at radius 1 is 1.06 bits per heavy atom. The number of ether oxygens (including phenoxy) is 1. The lowest BCUT2D eigenvalue weighted by Gasteiger charge is -2.34. The van der Waals surface area contributed by atoms with Crippen LogP contribution in [0.4, 0.5) is 4.79 Å². The van der Waals surface area contributed by atoms with E-state index in [0.29, 0.717) is 12.3 Å². The van der Waals surface area contributed by atoms with Crippen LogP contribution in [-0.4, -0.2) is 28.6 Å². The lowest BCUT2D eigenvalue weighted by molar-refractivity contribution is -0.128. The third-order valence-corrected chi connectivity index (χ3v) is 7.03. The fourth-order valence-corrected chi connectivity index (χ4v) is 4.94. The van der Waals surface area contributed by atoms with E-state index < -0.39 is 11.6 Å². The second kappa shape index (κ2) is 10.8. The summed E-state index contributed by atoms with van der Waals surface area (Å²) < 4.78 is 5.46. The Bertz CT molecular complexity index is 1100. The minimum Gasteiger partial charge on any atom is -0.445 e. The van der Waals surface area contributed by atoms with E-state index in [1.54, 1.807) is 6.92 Å². The number of rotatable bonds is 8. The van der Waals surface area contributed by atoms with Crippen molar-refractivity contribution in [1.29, 1.82) is 0 Å². The lowest BCUT2D eigenvalue weighted by atomic mass is 9.84. The number of hydrogen-bond acceptors (Lipinski definition) is 3. The second-order valence-electron chi connectivity index (χ2n) is 9.72. The molecule has 6 heteroatoms. The maximum atomic E-state index is 13.6. The number of carbonyl (C=O) groups is 2. The van der Waals surface area contributed by atoms with E-state index in [4.69, 9.17) is 4.74 Å². The van der Waals surface area contributed by atoms with Crippen molar-refractivity contribution in [3.05, 3.63) is 71.9 Å². The van der Waals surface area contributed by atoms with Crippen LogP contribution in [-0.2, 0) is 22.6 Å². The van der Waals surface area contributed by atoms with Crippen LogP contribution in [0.1, 0.15) is 57.1 Å². The average Bonchev–Trinajstić information content (AvgIpc) is 3.26. The smallest absolute Gasteiger partial charge is 0.408 e. The van der Waals surface area contributed by atoms with E-state index in [0.717, 1.165) is 34.9 Å². The summed E-state index contributed by atoms with van der Waals surface area (Å²) in [6.45, 7) is 4.01. The number of amides is 2. The summed E-state index contributed by atoms with van der Waals surface area (Å²) in [5.41, 5.74) is 1.71. The van der Waals surface area contributed by atoms with Crippen molar-refractivity contribution in [2.75, 3.05) is 0 Å². The molecule has 0 radical (unpaired) electrons. The fourth-order valence-electron chi connectivity index (χ4n) is 4.94. The summed E-state index contributed by atoms with van der Waals surface area (Å²) in [5.74, 6) is 0.285. The van der Waals surface area contributed by atoms with Crippen molar-refractivity contribution in [2.45, 2.75) is 70.6 Å². The van der Waals surface area contributed by atoms with Gasteiger partial charge in [0, 0.05) is 29.6 Å². The molecule has 6 nitrogen and oxygen atoms in total. The zero-order valence-corrected chi connectivity index (χ0v) is 20.1. The molecular formula is C28H35N3O3. The number of nitrogens with one attached hydrogen (secondary N) is 3. The molecule has 1 aliphatic carbocycles. The van der Waals surface area contributed by atoms with Gasteiger partial charge in [-0.15, -0.1) is 0 Å². The van der Waals surface area contributed by atoms with E-state index in [9.17, 15) is 9.59 Å². The third-order valence-electron chi connectivity index (χ3n) is 7.03. The first kappa shape index (κ1) is 23.9. The molecule has 2 aromatic carbocycles. The Hall–Kier alpha value is -3.28. The summed E-state index contributed by atoms with van der Waals surface area (Å²) in [6.07, 6.45) is 7.61. The highest BCUT2D eigenvalue weighted by molar-refractivity contribution is 5.91. The topological polar surface area (TPSA) is 83.2 Å². The molecule has 2 amide bonds. The van der Waals surface area contributed by atoms with Crippen LogP contribution < -0.4 is 10.6 Å². The zero-order valence-electron chi connectivity index (χ0n) is 20.1. The molecule has 4 rings (SSSR count). The molecule has 1 fully saturated rings. The van der Waals surface area contributed by atoms with Crippen molar-refractivity contribution < 1.29 is 14.3 Å². The Morgan fingerprint density at radius 3 is 2.53 bits per heavy atom. The number of aromatic amines is 1. The Morgan fingerprint density at radius 2 is 1.76 bits per heavy atom. The Labute approximate surface area is 201 Å². The number of benzene rings is 2. The highest BCUT2D eigenvalue weighted by atomic mass is 16.5. The van der Waals surface area contributed by atoms with Crippen molar-refractivity contribution in [2.24, 2.45) is 5.92 Å². The van der Waals surface area contributed by atoms with Crippen LogP contribution in [0.15, 0.2) is 60.8 Å². The minimum atomic E-state index is -1.17. The first-order chi connectivity index (χ1) is 16.4. The van der Waals surface area contributed by atoms with Gasteiger partial charge < -0.3 is 20.4 Å². The average molecular weight is 462 g/mol. The number of H-pyrrole nitrogens is 1. The van der Waals surface area contributed by atoms with Gasteiger partial charge in [-0.3, -0.25) is 4.79 Å². The largest absolute Gasteiger partial charge is 0.445 e. The standard InChI is InChI=1S/C28H35N3O3/c1-20(22-13-7-4-8-14-22)30-26(32)28(2,17-23-18-29-25-16-10-9-15-24(23)25)31-27(33)34-19-21-11-5-3-6-12-21/h3,5-6,9-12,15-16,18,20,22,29H,4,7-8,13-14,17,19H2,1-2H3,(H,30,32)(H,31,33). The SMILES string of the molecule is CC(NC(=O)C(C)(Cc1c[nH]c2ccccc12)NC(=O)OCc1ccccc1)C1CCCCC1.